The summed E-state index contributed by atoms with van der Waals surface area (Å²) in [5.74, 6) is -0.0971. The number of nitrogens with zero attached hydrogens (tertiary/aromatic N) is 1. The van der Waals surface area contributed by atoms with Crippen LogP contribution < -0.4 is 10.1 Å². The largest absolute Gasteiger partial charge is 0.481 e. The van der Waals surface area contributed by atoms with E-state index in [-0.39, 0.29) is 18.3 Å². The Labute approximate surface area is 148 Å². The summed E-state index contributed by atoms with van der Waals surface area (Å²) < 4.78 is 25.1. The van der Waals surface area contributed by atoms with Gasteiger partial charge >= 0.3 is 0 Å². The van der Waals surface area contributed by atoms with Gasteiger partial charge in [-0.25, -0.2) is 9.37 Å². The van der Waals surface area contributed by atoms with Crippen molar-refractivity contribution < 1.29 is 18.7 Å². The van der Waals surface area contributed by atoms with Gasteiger partial charge in [-0.05, 0) is 17.7 Å². The van der Waals surface area contributed by atoms with Crippen molar-refractivity contribution in [1.29, 1.82) is 0 Å². The molecule has 7 heteroatoms. The molecule has 1 aromatic carbocycles. The Bertz CT molecular complexity index is 893. The summed E-state index contributed by atoms with van der Waals surface area (Å²) in [7, 11) is 3.07. The van der Waals surface area contributed by atoms with Crippen LogP contribution in [0.4, 0.5) is 4.39 Å². The number of thiophene rings is 1. The predicted octanol–water partition coefficient (Wildman–Crippen LogP) is 3.52. The third-order valence-corrected chi connectivity index (χ3v) is 4.91. The van der Waals surface area contributed by atoms with Gasteiger partial charge < -0.3 is 14.8 Å². The summed E-state index contributed by atoms with van der Waals surface area (Å²) >= 11 is 1.26. The number of fused-ring (bicyclic) bond motifs is 1. The lowest BCUT2D eigenvalue weighted by molar-refractivity contribution is 0.0950. The number of ether oxygens (including phenoxy) is 2. The highest BCUT2D eigenvalue weighted by atomic mass is 32.1. The summed E-state index contributed by atoms with van der Waals surface area (Å²) in [6, 6.07) is 8.38. The summed E-state index contributed by atoms with van der Waals surface area (Å²) in [6.45, 7) is 0.493. The van der Waals surface area contributed by atoms with E-state index in [4.69, 9.17) is 9.47 Å². The number of benzene rings is 1. The van der Waals surface area contributed by atoms with Crippen LogP contribution >= 0.6 is 11.3 Å². The van der Waals surface area contributed by atoms with E-state index in [1.807, 2.05) is 6.07 Å². The molecule has 0 saturated carbocycles. The molecule has 0 aliphatic heterocycles. The molecule has 25 heavy (non-hydrogen) atoms. The Kier molecular flexibility index (Phi) is 5.25. The number of amides is 1. The first-order valence-electron chi connectivity index (χ1n) is 7.60. The Balaban J connectivity index is 1.83. The molecule has 3 rings (SSSR count). The van der Waals surface area contributed by atoms with E-state index in [2.05, 4.69) is 10.3 Å². The number of pyridine rings is 1. The average Bonchev–Trinajstić information content (AvgIpc) is 3.00. The molecule has 3 aromatic rings. The zero-order valence-corrected chi connectivity index (χ0v) is 14.7. The Hall–Kier alpha value is -2.51. The Morgan fingerprint density at radius 3 is 2.80 bits per heavy atom. The van der Waals surface area contributed by atoms with E-state index in [0.717, 1.165) is 10.3 Å². The van der Waals surface area contributed by atoms with Crippen molar-refractivity contribution in [2.24, 2.45) is 0 Å². The van der Waals surface area contributed by atoms with Crippen LogP contribution in [-0.4, -0.2) is 25.1 Å². The van der Waals surface area contributed by atoms with Crippen molar-refractivity contribution in [3.05, 3.63) is 58.3 Å². The third-order valence-electron chi connectivity index (χ3n) is 3.72. The van der Waals surface area contributed by atoms with Crippen molar-refractivity contribution in [1.82, 2.24) is 10.3 Å². The number of nitrogens with one attached hydrogen (secondary N) is 1. The summed E-state index contributed by atoms with van der Waals surface area (Å²) in [5.41, 5.74) is 1.42. The van der Waals surface area contributed by atoms with Crippen LogP contribution in [0.5, 0.6) is 5.88 Å². The Morgan fingerprint density at radius 1 is 1.28 bits per heavy atom. The fourth-order valence-electron chi connectivity index (χ4n) is 2.53. The van der Waals surface area contributed by atoms with Crippen molar-refractivity contribution in [2.45, 2.75) is 13.2 Å². The van der Waals surface area contributed by atoms with Crippen LogP contribution in [0.3, 0.4) is 0 Å². The van der Waals surface area contributed by atoms with Gasteiger partial charge in [-0.15, -0.1) is 11.3 Å². The summed E-state index contributed by atoms with van der Waals surface area (Å²) in [5, 5.41) is 3.29. The zero-order valence-electron chi connectivity index (χ0n) is 13.8. The predicted molar refractivity (Wildman–Crippen MR) is 94.5 cm³/mol. The number of rotatable bonds is 6. The maximum atomic E-state index is 14.2. The minimum absolute atomic E-state index is 0.174. The minimum Gasteiger partial charge on any atom is -0.481 e. The van der Waals surface area contributed by atoms with Crippen LogP contribution in [-0.2, 0) is 17.9 Å². The standard InChI is InChI=1S/C18H17FN2O3S/c1-23-10-12-16-13(19)4-3-5-14(16)25-17(12)18(22)21-9-11-6-7-15(24-2)20-8-11/h3-8H,9-10H2,1-2H3,(H,21,22). The molecular weight excluding hydrogens is 343 g/mol. The number of hydrogen-bond donors (Lipinski definition) is 1. The highest BCUT2D eigenvalue weighted by molar-refractivity contribution is 7.21. The first-order valence-corrected chi connectivity index (χ1v) is 8.41. The van der Waals surface area contributed by atoms with Gasteiger partial charge in [0.05, 0.1) is 18.6 Å². The quantitative estimate of drug-likeness (QED) is 0.731. The van der Waals surface area contributed by atoms with Gasteiger partial charge in [-0.1, -0.05) is 12.1 Å². The minimum atomic E-state index is -0.348. The molecule has 0 saturated heterocycles. The summed E-state index contributed by atoms with van der Waals surface area (Å²) in [6.07, 6.45) is 1.64. The lowest BCUT2D eigenvalue weighted by atomic mass is 10.1. The van der Waals surface area contributed by atoms with Crippen LogP contribution in [0.15, 0.2) is 36.5 Å². The van der Waals surface area contributed by atoms with Crippen LogP contribution in [0.2, 0.25) is 0 Å². The average molecular weight is 360 g/mol. The molecule has 2 heterocycles. The monoisotopic (exact) mass is 360 g/mol. The van der Waals surface area contributed by atoms with E-state index in [0.29, 0.717) is 28.3 Å². The van der Waals surface area contributed by atoms with Crippen LogP contribution in [0.25, 0.3) is 10.1 Å². The Morgan fingerprint density at radius 2 is 2.12 bits per heavy atom. The first-order chi connectivity index (χ1) is 12.1. The molecule has 1 N–H and O–H groups in total. The molecule has 2 aromatic heterocycles. The normalized spacial score (nSPS) is 10.8. The van der Waals surface area contributed by atoms with E-state index in [1.165, 1.54) is 24.5 Å². The van der Waals surface area contributed by atoms with Gasteiger partial charge in [0.1, 0.15) is 5.82 Å². The lowest BCUT2D eigenvalue weighted by Crippen LogP contribution is -2.23. The number of carbonyl (C=O) groups excluding carboxylic acids is 1. The van der Waals surface area contributed by atoms with Gasteiger partial charge in [0.15, 0.2) is 0 Å². The smallest absolute Gasteiger partial charge is 0.262 e. The fraction of sp³-hybridized carbons (Fsp3) is 0.222. The molecule has 0 aliphatic carbocycles. The molecular formula is C18H17FN2O3S. The number of halogens is 1. The van der Waals surface area contributed by atoms with Crippen molar-refractivity contribution >= 4 is 27.3 Å². The third kappa shape index (κ3) is 3.62. The number of aromatic nitrogens is 1. The number of hydrogen-bond acceptors (Lipinski definition) is 5. The molecule has 0 radical (unpaired) electrons. The summed E-state index contributed by atoms with van der Waals surface area (Å²) in [4.78, 5) is 17.2. The number of carbonyl (C=O) groups is 1. The maximum absolute atomic E-state index is 14.2. The lowest BCUT2D eigenvalue weighted by Gasteiger charge is -2.07. The van der Waals surface area contributed by atoms with Crippen LogP contribution in [0.1, 0.15) is 20.8 Å². The van der Waals surface area contributed by atoms with E-state index in [9.17, 15) is 9.18 Å². The second-order valence-corrected chi connectivity index (χ2v) is 6.40. The van der Waals surface area contributed by atoms with Gasteiger partial charge in [0.2, 0.25) is 5.88 Å². The SMILES string of the molecule is COCc1c(C(=O)NCc2ccc(OC)nc2)sc2cccc(F)c12. The van der Waals surface area contributed by atoms with Crippen molar-refractivity contribution in [3.63, 3.8) is 0 Å². The maximum Gasteiger partial charge on any atom is 0.262 e. The second-order valence-electron chi connectivity index (χ2n) is 5.35. The highest BCUT2D eigenvalue weighted by Gasteiger charge is 2.20. The highest BCUT2D eigenvalue weighted by Crippen LogP contribution is 2.33. The topological polar surface area (TPSA) is 60.5 Å². The molecule has 1 amide bonds. The molecule has 0 fully saturated rings. The fourth-order valence-corrected chi connectivity index (χ4v) is 3.67. The molecule has 0 bridgehead atoms. The van der Waals surface area contributed by atoms with Crippen LogP contribution in [0, 0.1) is 5.82 Å². The van der Waals surface area contributed by atoms with E-state index >= 15 is 0 Å². The molecule has 0 atom stereocenters. The van der Waals surface area contributed by atoms with Gasteiger partial charge in [0, 0.05) is 41.6 Å². The van der Waals surface area contributed by atoms with Gasteiger partial charge in [-0.2, -0.15) is 0 Å². The van der Waals surface area contributed by atoms with Gasteiger partial charge in [-0.3, -0.25) is 4.79 Å². The molecule has 5 nitrogen and oxygen atoms in total. The first kappa shape index (κ1) is 17.3. The van der Waals surface area contributed by atoms with E-state index in [1.54, 1.807) is 31.5 Å². The van der Waals surface area contributed by atoms with Crippen molar-refractivity contribution in [3.8, 4) is 5.88 Å². The van der Waals surface area contributed by atoms with Crippen molar-refractivity contribution in [2.75, 3.05) is 14.2 Å². The number of methoxy groups -OCH3 is 2. The van der Waals surface area contributed by atoms with E-state index < -0.39 is 0 Å². The van der Waals surface area contributed by atoms with Gasteiger partial charge in [0.25, 0.3) is 5.91 Å². The zero-order chi connectivity index (χ0) is 17.8. The molecule has 0 spiro atoms. The molecule has 0 aliphatic rings. The molecule has 130 valence electrons. The second kappa shape index (κ2) is 7.58. The molecule has 0 unspecified atom stereocenters.